The molecule has 2 atom stereocenters. The second kappa shape index (κ2) is 10.3. The van der Waals surface area contributed by atoms with Crippen LogP contribution < -0.4 is 5.32 Å². The largest absolute Gasteiger partial charge is 0.508 e. The summed E-state index contributed by atoms with van der Waals surface area (Å²) >= 11 is 0. The number of cyclic esters (lactones) is 1. The van der Waals surface area contributed by atoms with E-state index in [2.05, 4.69) is 10.3 Å². The molecular weight excluding hydrogens is 471 g/mol. The van der Waals surface area contributed by atoms with Gasteiger partial charge in [-0.1, -0.05) is 60.7 Å². The second-order valence-electron chi connectivity index (χ2n) is 9.17. The van der Waals surface area contributed by atoms with Gasteiger partial charge in [-0.25, -0.2) is 9.18 Å². The number of fused-ring (bicyclic) bond motifs is 1. The SMILES string of the molecule is CC(=O)NCCc1c(C(C2=C(O)C(Cc3ccccc3)OC2=O)c2ccccc2)[nH]c2cc(F)ccc12. The normalized spacial score (nSPS) is 16.2. The Kier molecular flexibility index (Phi) is 6.77. The van der Waals surface area contributed by atoms with Crippen LogP contribution in [-0.2, 0) is 27.2 Å². The summed E-state index contributed by atoms with van der Waals surface area (Å²) in [5.74, 6) is -1.94. The van der Waals surface area contributed by atoms with Crippen LogP contribution in [0, 0.1) is 5.82 Å². The molecule has 0 saturated heterocycles. The molecule has 1 amide bonds. The number of ether oxygens (including phenoxy) is 1. The first-order chi connectivity index (χ1) is 17.9. The number of hydrogen-bond donors (Lipinski definition) is 3. The fourth-order valence-corrected chi connectivity index (χ4v) is 5.01. The minimum atomic E-state index is -0.805. The lowest BCUT2D eigenvalue weighted by Crippen LogP contribution is -2.23. The van der Waals surface area contributed by atoms with Crippen molar-refractivity contribution in [3.63, 3.8) is 0 Å². The van der Waals surface area contributed by atoms with Crippen LogP contribution >= 0.6 is 0 Å². The number of aromatic amines is 1. The maximum atomic E-state index is 14.1. The van der Waals surface area contributed by atoms with Gasteiger partial charge in [0.1, 0.15) is 11.6 Å². The summed E-state index contributed by atoms with van der Waals surface area (Å²) in [5.41, 5.74) is 3.91. The molecule has 5 rings (SSSR count). The number of aliphatic hydroxyl groups is 1. The summed E-state index contributed by atoms with van der Waals surface area (Å²) in [6.45, 7) is 1.81. The van der Waals surface area contributed by atoms with Crippen LogP contribution in [0.15, 0.2) is 90.2 Å². The quantitative estimate of drug-likeness (QED) is 0.295. The Morgan fingerprint density at radius 2 is 1.78 bits per heavy atom. The molecule has 4 aromatic rings. The average molecular weight is 499 g/mol. The van der Waals surface area contributed by atoms with E-state index in [1.54, 1.807) is 6.07 Å². The molecule has 1 aliphatic rings. The highest BCUT2D eigenvalue weighted by atomic mass is 19.1. The molecular formula is C30H27FN2O4. The topological polar surface area (TPSA) is 91.4 Å². The Hall–Kier alpha value is -4.39. The van der Waals surface area contributed by atoms with E-state index in [4.69, 9.17) is 4.74 Å². The summed E-state index contributed by atoms with van der Waals surface area (Å²) < 4.78 is 19.8. The van der Waals surface area contributed by atoms with E-state index in [0.717, 1.165) is 22.1 Å². The average Bonchev–Trinajstić information content (AvgIpc) is 3.37. The molecule has 3 aromatic carbocycles. The van der Waals surface area contributed by atoms with Gasteiger partial charge < -0.3 is 20.1 Å². The molecule has 6 nitrogen and oxygen atoms in total. The van der Waals surface area contributed by atoms with Crippen molar-refractivity contribution in [3.05, 3.63) is 118 Å². The van der Waals surface area contributed by atoms with Gasteiger partial charge in [0.05, 0.1) is 11.5 Å². The molecule has 0 bridgehead atoms. The van der Waals surface area contributed by atoms with E-state index >= 15 is 0 Å². The predicted molar refractivity (Wildman–Crippen MR) is 139 cm³/mol. The van der Waals surface area contributed by atoms with Gasteiger partial charge in [-0.05, 0) is 41.3 Å². The number of hydrogen-bond acceptors (Lipinski definition) is 4. The van der Waals surface area contributed by atoms with Crippen molar-refractivity contribution in [2.45, 2.75) is 31.8 Å². The smallest absolute Gasteiger partial charge is 0.339 e. The van der Waals surface area contributed by atoms with Gasteiger partial charge in [0.15, 0.2) is 6.10 Å². The van der Waals surface area contributed by atoms with Gasteiger partial charge in [-0.3, -0.25) is 4.79 Å². The van der Waals surface area contributed by atoms with Gasteiger partial charge >= 0.3 is 5.97 Å². The van der Waals surface area contributed by atoms with E-state index in [1.165, 1.54) is 19.1 Å². The summed E-state index contributed by atoms with van der Waals surface area (Å²) in [6, 6.07) is 23.4. The van der Waals surface area contributed by atoms with Crippen molar-refractivity contribution in [1.29, 1.82) is 0 Å². The van der Waals surface area contributed by atoms with Crippen molar-refractivity contribution in [3.8, 4) is 0 Å². The molecule has 7 heteroatoms. The van der Waals surface area contributed by atoms with Crippen LogP contribution in [-0.4, -0.2) is 34.6 Å². The first-order valence-electron chi connectivity index (χ1n) is 12.2. The van der Waals surface area contributed by atoms with Gasteiger partial charge in [0.2, 0.25) is 5.91 Å². The van der Waals surface area contributed by atoms with Crippen molar-refractivity contribution in [2.75, 3.05) is 6.54 Å². The van der Waals surface area contributed by atoms with Gasteiger partial charge in [-0.2, -0.15) is 0 Å². The fourth-order valence-electron chi connectivity index (χ4n) is 5.01. The highest BCUT2D eigenvalue weighted by molar-refractivity contribution is 5.95. The summed E-state index contributed by atoms with van der Waals surface area (Å²) in [4.78, 5) is 28.1. The third kappa shape index (κ3) is 4.98. The van der Waals surface area contributed by atoms with Crippen molar-refractivity contribution < 1.29 is 23.8 Å². The number of aromatic nitrogens is 1. The van der Waals surface area contributed by atoms with Crippen LogP contribution in [0.1, 0.15) is 35.2 Å². The standard InChI is InChI=1S/C30H27FN2O4/c1-18(34)32-15-14-23-22-13-12-21(31)17-24(22)33-28(23)26(20-10-6-3-7-11-20)27-29(35)25(37-30(27)36)16-19-8-4-2-5-9-19/h2-13,17,25-26,33,35H,14-16H2,1H3,(H,32,34). The number of amides is 1. The number of rotatable bonds is 8. The number of esters is 1. The maximum absolute atomic E-state index is 14.1. The lowest BCUT2D eigenvalue weighted by Gasteiger charge is -2.19. The molecule has 0 aliphatic carbocycles. The zero-order valence-electron chi connectivity index (χ0n) is 20.3. The second-order valence-corrected chi connectivity index (χ2v) is 9.17. The zero-order chi connectivity index (χ0) is 25.9. The van der Waals surface area contributed by atoms with Crippen molar-refractivity contribution in [1.82, 2.24) is 10.3 Å². The van der Waals surface area contributed by atoms with Crippen LogP contribution in [0.3, 0.4) is 0 Å². The van der Waals surface area contributed by atoms with Crippen LogP contribution in [0.4, 0.5) is 4.39 Å². The first-order valence-corrected chi connectivity index (χ1v) is 12.2. The third-order valence-electron chi connectivity index (χ3n) is 6.67. The monoisotopic (exact) mass is 498 g/mol. The van der Waals surface area contributed by atoms with Gasteiger partial charge in [-0.15, -0.1) is 0 Å². The minimum absolute atomic E-state index is 0.111. The Morgan fingerprint density at radius 1 is 1.08 bits per heavy atom. The zero-order valence-corrected chi connectivity index (χ0v) is 20.3. The minimum Gasteiger partial charge on any atom is -0.508 e. The number of carbonyl (C=O) groups excluding carboxylic acids is 2. The molecule has 0 radical (unpaired) electrons. The molecule has 2 heterocycles. The molecule has 2 unspecified atom stereocenters. The number of nitrogens with one attached hydrogen (secondary N) is 2. The molecule has 0 saturated carbocycles. The molecule has 37 heavy (non-hydrogen) atoms. The Morgan fingerprint density at radius 3 is 2.49 bits per heavy atom. The molecule has 0 spiro atoms. The van der Waals surface area contributed by atoms with Crippen molar-refractivity contribution in [2.24, 2.45) is 0 Å². The van der Waals surface area contributed by atoms with Crippen LogP contribution in [0.25, 0.3) is 10.9 Å². The Labute approximate surface area is 213 Å². The maximum Gasteiger partial charge on any atom is 0.339 e. The third-order valence-corrected chi connectivity index (χ3v) is 6.67. The Balaban J connectivity index is 1.65. The Bertz CT molecular complexity index is 1480. The van der Waals surface area contributed by atoms with E-state index in [9.17, 15) is 19.1 Å². The van der Waals surface area contributed by atoms with E-state index < -0.39 is 23.8 Å². The highest BCUT2D eigenvalue weighted by Gasteiger charge is 2.41. The number of H-pyrrole nitrogens is 1. The number of aliphatic hydroxyl groups excluding tert-OH is 1. The van der Waals surface area contributed by atoms with Crippen LogP contribution in [0.5, 0.6) is 0 Å². The number of halogens is 1. The van der Waals surface area contributed by atoms with E-state index in [0.29, 0.717) is 30.6 Å². The predicted octanol–water partition coefficient (Wildman–Crippen LogP) is 5.10. The molecule has 1 aliphatic heterocycles. The van der Waals surface area contributed by atoms with Crippen molar-refractivity contribution >= 4 is 22.8 Å². The fraction of sp³-hybridized carbons (Fsp3) is 0.200. The van der Waals surface area contributed by atoms with Gasteiger partial charge in [0.25, 0.3) is 0 Å². The lowest BCUT2D eigenvalue weighted by atomic mass is 9.84. The van der Waals surface area contributed by atoms with Gasteiger partial charge in [0, 0.05) is 36.5 Å². The molecule has 1 aromatic heterocycles. The first kappa shape index (κ1) is 24.3. The highest BCUT2D eigenvalue weighted by Crippen LogP contribution is 2.41. The van der Waals surface area contributed by atoms with E-state index in [-0.39, 0.29) is 17.2 Å². The van der Waals surface area contributed by atoms with Crippen LogP contribution in [0.2, 0.25) is 0 Å². The molecule has 188 valence electrons. The summed E-state index contributed by atoms with van der Waals surface area (Å²) in [6.07, 6.45) is -0.0160. The molecule has 3 N–H and O–H groups in total. The van der Waals surface area contributed by atoms with E-state index in [1.807, 2.05) is 60.7 Å². The number of benzene rings is 3. The summed E-state index contributed by atoms with van der Waals surface area (Å²) in [7, 11) is 0. The molecule has 0 fully saturated rings. The lowest BCUT2D eigenvalue weighted by molar-refractivity contribution is -0.140. The summed E-state index contributed by atoms with van der Waals surface area (Å²) in [5, 5.41) is 14.9. The number of carbonyl (C=O) groups is 2.